The monoisotopic (exact) mass is 277 g/mol. The van der Waals surface area contributed by atoms with Crippen molar-refractivity contribution in [3.05, 3.63) is 35.5 Å². The van der Waals surface area contributed by atoms with Gasteiger partial charge in [0.15, 0.2) is 17.3 Å². The first-order chi connectivity index (χ1) is 9.74. The summed E-state index contributed by atoms with van der Waals surface area (Å²) in [5.74, 6) is 2.80. The molecular weight excluding hydrogens is 258 g/mol. The minimum atomic E-state index is 0.646. The Morgan fingerprint density at radius 1 is 1.25 bits per heavy atom. The molecular formula is C14H19N3O3. The van der Waals surface area contributed by atoms with Crippen molar-refractivity contribution < 1.29 is 14.0 Å². The minimum Gasteiger partial charge on any atom is -0.493 e. The third-order valence-electron chi connectivity index (χ3n) is 2.89. The normalized spacial score (nSPS) is 10.6. The molecule has 0 aliphatic carbocycles. The highest BCUT2D eigenvalue weighted by Gasteiger charge is 2.09. The van der Waals surface area contributed by atoms with Gasteiger partial charge in [-0.25, -0.2) is 0 Å². The fraction of sp³-hybridized carbons (Fsp3) is 0.429. The second kappa shape index (κ2) is 6.91. The van der Waals surface area contributed by atoms with Crippen LogP contribution in [-0.4, -0.2) is 30.9 Å². The smallest absolute Gasteiger partial charge is 0.227 e. The van der Waals surface area contributed by atoms with Gasteiger partial charge >= 0.3 is 0 Å². The number of nitrogens with one attached hydrogen (secondary N) is 1. The van der Waals surface area contributed by atoms with Gasteiger partial charge in [-0.2, -0.15) is 4.98 Å². The van der Waals surface area contributed by atoms with Gasteiger partial charge in [-0.05, 0) is 13.0 Å². The minimum absolute atomic E-state index is 0.646. The maximum atomic E-state index is 5.38. The topological polar surface area (TPSA) is 69.4 Å². The molecule has 0 spiro atoms. The molecule has 1 aromatic heterocycles. The first-order valence-corrected chi connectivity index (χ1v) is 6.44. The number of benzene rings is 1. The van der Waals surface area contributed by atoms with Crippen LogP contribution in [0.2, 0.25) is 0 Å². The summed E-state index contributed by atoms with van der Waals surface area (Å²) >= 11 is 0. The SMILES string of the molecule is COc1cccc(CNCCc2nc(C)no2)c1OC. The Bertz CT molecular complexity index is 554. The van der Waals surface area contributed by atoms with Gasteiger partial charge in [0.1, 0.15) is 0 Å². The largest absolute Gasteiger partial charge is 0.493 e. The predicted octanol–water partition coefficient (Wildman–Crippen LogP) is 1.73. The van der Waals surface area contributed by atoms with Crippen molar-refractivity contribution in [3.8, 4) is 11.5 Å². The lowest BCUT2D eigenvalue weighted by molar-refractivity contribution is 0.350. The van der Waals surface area contributed by atoms with Crippen molar-refractivity contribution in [1.29, 1.82) is 0 Å². The van der Waals surface area contributed by atoms with E-state index in [9.17, 15) is 0 Å². The second-order valence-electron chi connectivity index (χ2n) is 4.31. The maximum absolute atomic E-state index is 5.38. The Balaban J connectivity index is 1.87. The molecule has 0 radical (unpaired) electrons. The van der Waals surface area contributed by atoms with Gasteiger partial charge in [0.25, 0.3) is 0 Å². The number of nitrogens with zero attached hydrogens (tertiary/aromatic N) is 2. The lowest BCUT2D eigenvalue weighted by Gasteiger charge is -2.12. The first kappa shape index (κ1) is 14.3. The van der Waals surface area contributed by atoms with Crippen molar-refractivity contribution >= 4 is 0 Å². The summed E-state index contributed by atoms with van der Waals surface area (Å²) < 4.78 is 15.7. The molecule has 0 bridgehead atoms. The van der Waals surface area contributed by atoms with Crippen LogP contribution in [0.5, 0.6) is 11.5 Å². The molecule has 0 atom stereocenters. The summed E-state index contributed by atoms with van der Waals surface area (Å²) in [6, 6.07) is 5.83. The van der Waals surface area contributed by atoms with Gasteiger partial charge in [0.05, 0.1) is 14.2 Å². The molecule has 2 rings (SSSR count). The van der Waals surface area contributed by atoms with Gasteiger partial charge in [-0.3, -0.25) is 0 Å². The summed E-state index contributed by atoms with van der Waals surface area (Å²) in [6.45, 7) is 3.25. The van der Waals surface area contributed by atoms with Gasteiger partial charge in [-0.1, -0.05) is 17.3 Å². The summed E-state index contributed by atoms with van der Waals surface area (Å²) in [6.07, 6.45) is 0.702. The third kappa shape index (κ3) is 3.48. The van der Waals surface area contributed by atoms with Crippen LogP contribution >= 0.6 is 0 Å². The number of hydrogen-bond acceptors (Lipinski definition) is 6. The van der Waals surface area contributed by atoms with Crippen molar-refractivity contribution in [1.82, 2.24) is 15.5 Å². The van der Waals surface area contributed by atoms with E-state index in [0.29, 0.717) is 24.7 Å². The zero-order chi connectivity index (χ0) is 14.4. The summed E-state index contributed by atoms with van der Waals surface area (Å²) in [5, 5.41) is 7.08. The van der Waals surface area contributed by atoms with E-state index in [4.69, 9.17) is 14.0 Å². The number of rotatable bonds is 7. The van der Waals surface area contributed by atoms with Crippen LogP contribution in [0.1, 0.15) is 17.3 Å². The zero-order valence-corrected chi connectivity index (χ0v) is 12.0. The van der Waals surface area contributed by atoms with Crippen molar-refractivity contribution in [3.63, 3.8) is 0 Å². The predicted molar refractivity (Wildman–Crippen MR) is 74.0 cm³/mol. The number of aryl methyl sites for hydroxylation is 1. The number of hydrogen-bond donors (Lipinski definition) is 1. The fourth-order valence-electron chi connectivity index (χ4n) is 1.95. The van der Waals surface area contributed by atoms with Crippen molar-refractivity contribution in [2.24, 2.45) is 0 Å². The van der Waals surface area contributed by atoms with Crippen LogP contribution in [0, 0.1) is 6.92 Å². The average Bonchev–Trinajstić information content (AvgIpc) is 2.88. The molecule has 0 fully saturated rings. The second-order valence-corrected chi connectivity index (χ2v) is 4.31. The quantitative estimate of drug-likeness (QED) is 0.777. The Morgan fingerprint density at radius 2 is 2.10 bits per heavy atom. The molecule has 2 aromatic rings. The van der Waals surface area contributed by atoms with E-state index in [1.54, 1.807) is 14.2 Å². The van der Waals surface area contributed by atoms with Crippen LogP contribution < -0.4 is 14.8 Å². The third-order valence-corrected chi connectivity index (χ3v) is 2.89. The highest BCUT2D eigenvalue weighted by molar-refractivity contribution is 5.46. The van der Waals surface area contributed by atoms with Crippen LogP contribution in [0.3, 0.4) is 0 Å². The van der Waals surface area contributed by atoms with Gasteiger partial charge in [-0.15, -0.1) is 0 Å². The molecule has 6 heteroatoms. The van der Waals surface area contributed by atoms with E-state index < -0.39 is 0 Å². The van der Waals surface area contributed by atoms with E-state index in [-0.39, 0.29) is 0 Å². The molecule has 0 amide bonds. The van der Waals surface area contributed by atoms with Crippen LogP contribution in [0.15, 0.2) is 22.7 Å². The van der Waals surface area contributed by atoms with E-state index in [1.807, 2.05) is 25.1 Å². The lowest BCUT2D eigenvalue weighted by Crippen LogP contribution is -2.17. The fourth-order valence-corrected chi connectivity index (χ4v) is 1.95. The zero-order valence-electron chi connectivity index (χ0n) is 12.0. The molecule has 0 aliphatic rings. The molecule has 0 saturated carbocycles. The Hall–Kier alpha value is -2.08. The molecule has 0 unspecified atom stereocenters. The molecule has 20 heavy (non-hydrogen) atoms. The molecule has 0 saturated heterocycles. The highest BCUT2D eigenvalue weighted by Crippen LogP contribution is 2.30. The standard InChI is InChI=1S/C14H19N3O3/c1-10-16-13(20-17-10)7-8-15-9-11-5-4-6-12(18-2)14(11)19-3/h4-6,15H,7-9H2,1-3H3. The number of ether oxygens (including phenoxy) is 2. The van der Waals surface area contributed by atoms with Gasteiger partial charge in [0, 0.05) is 25.1 Å². The number of methoxy groups -OCH3 is 2. The molecule has 1 aromatic carbocycles. The van der Waals surface area contributed by atoms with E-state index in [0.717, 1.165) is 23.6 Å². The van der Waals surface area contributed by atoms with Crippen molar-refractivity contribution in [2.45, 2.75) is 19.9 Å². The van der Waals surface area contributed by atoms with E-state index in [2.05, 4.69) is 15.5 Å². The average molecular weight is 277 g/mol. The highest BCUT2D eigenvalue weighted by atomic mass is 16.5. The Morgan fingerprint density at radius 3 is 2.75 bits per heavy atom. The Kier molecular flexibility index (Phi) is 4.95. The molecule has 108 valence electrons. The summed E-state index contributed by atoms with van der Waals surface area (Å²) in [7, 11) is 3.27. The Labute approximate surface area is 118 Å². The number of aromatic nitrogens is 2. The van der Waals surface area contributed by atoms with Crippen LogP contribution in [0.25, 0.3) is 0 Å². The van der Waals surface area contributed by atoms with Crippen LogP contribution in [0.4, 0.5) is 0 Å². The maximum Gasteiger partial charge on any atom is 0.227 e. The lowest BCUT2D eigenvalue weighted by atomic mass is 10.2. The molecule has 1 heterocycles. The molecule has 0 aliphatic heterocycles. The first-order valence-electron chi connectivity index (χ1n) is 6.44. The van der Waals surface area contributed by atoms with Gasteiger partial charge in [0.2, 0.25) is 5.89 Å². The van der Waals surface area contributed by atoms with Crippen molar-refractivity contribution in [2.75, 3.05) is 20.8 Å². The molecule has 1 N–H and O–H groups in total. The molecule has 6 nitrogen and oxygen atoms in total. The van der Waals surface area contributed by atoms with Gasteiger partial charge < -0.3 is 19.3 Å². The van der Waals surface area contributed by atoms with E-state index >= 15 is 0 Å². The number of para-hydroxylation sites is 1. The van der Waals surface area contributed by atoms with E-state index in [1.165, 1.54) is 0 Å². The van der Waals surface area contributed by atoms with Crippen LogP contribution in [-0.2, 0) is 13.0 Å². The summed E-state index contributed by atoms with van der Waals surface area (Å²) in [4.78, 5) is 4.15. The summed E-state index contributed by atoms with van der Waals surface area (Å²) in [5.41, 5.74) is 1.05.